The van der Waals surface area contributed by atoms with Gasteiger partial charge in [-0.25, -0.2) is 0 Å². The second-order valence-corrected chi connectivity index (χ2v) is 5.31. The first-order valence-corrected chi connectivity index (χ1v) is 6.85. The van der Waals surface area contributed by atoms with E-state index in [1.807, 2.05) is 26.0 Å². The van der Waals surface area contributed by atoms with Gasteiger partial charge in [-0.15, -0.1) is 0 Å². The molecule has 1 heterocycles. The van der Waals surface area contributed by atoms with Gasteiger partial charge in [0.25, 0.3) is 5.69 Å². The Morgan fingerprint density at radius 3 is 2.59 bits per heavy atom. The van der Waals surface area contributed by atoms with Crippen LogP contribution in [-0.4, -0.2) is 16.2 Å². The van der Waals surface area contributed by atoms with E-state index in [2.05, 4.69) is 4.98 Å². The van der Waals surface area contributed by atoms with Gasteiger partial charge in [-0.3, -0.25) is 14.9 Å². The Kier molecular flexibility index (Phi) is 3.25. The van der Waals surface area contributed by atoms with Gasteiger partial charge < -0.3 is 4.98 Å². The molecule has 3 aromatic rings. The van der Waals surface area contributed by atoms with E-state index in [-0.39, 0.29) is 5.69 Å². The van der Waals surface area contributed by atoms with Crippen molar-refractivity contribution in [1.82, 2.24) is 4.98 Å². The second-order valence-electron chi connectivity index (χ2n) is 5.31. The summed E-state index contributed by atoms with van der Waals surface area (Å²) in [6, 6.07) is 10.4. The summed E-state index contributed by atoms with van der Waals surface area (Å²) >= 11 is 0. The van der Waals surface area contributed by atoms with Gasteiger partial charge in [0.15, 0.2) is 6.29 Å². The number of aldehydes is 1. The Labute approximate surface area is 126 Å². The third-order valence-electron chi connectivity index (χ3n) is 3.78. The van der Waals surface area contributed by atoms with Crippen molar-refractivity contribution in [3.8, 4) is 11.3 Å². The number of nitrogens with one attached hydrogen (secondary N) is 1. The summed E-state index contributed by atoms with van der Waals surface area (Å²) in [6.45, 7) is 3.91. The minimum atomic E-state index is -0.437. The van der Waals surface area contributed by atoms with Gasteiger partial charge in [0.2, 0.25) is 0 Å². The Hall–Kier alpha value is -2.95. The molecule has 0 unspecified atom stereocenters. The van der Waals surface area contributed by atoms with Gasteiger partial charge in [-0.05, 0) is 31.5 Å². The molecule has 0 fully saturated rings. The highest BCUT2D eigenvalue weighted by atomic mass is 16.6. The maximum atomic E-state index is 11.6. The number of nitro benzene ring substituents is 1. The number of benzene rings is 2. The van der Waals surface area contributed by atoms with Crippen molar-refractivity contribution in [2.75, 3.05) is 0 Å². The zero-order valence-electron chi connectivity index (χ0n) is 12.2. The summed E-state index contributed by atoms with van der Waals surface area (Å²) < 4.78 is 0. The number of rotatable bonds is 3. The number of aromatic nitrogens is 1. The predicted octanol–water partition coefficient (Wildman–Crippen LogP) is 4.17. The summed E-state index contributed by atoms with van der Waals surface area (Å²) in [4.78, 5) is 25.6. The lowest BCUT2D eigenvalue weighted by Crippen LogP contribution is -1.93. The molecule has 5 heteroatoms. The highest BCUT2D eigenvalue weighted by Gasteiger charge is 2.21. The highest BCUT2D eigenvalue weighted by Crippen LogP contribution is 2.35. The lowest BCUT2D eigenvalue weighted by molar-refractivity contribution is -0.384. The van der Waals surface area contributed by atoms with E-state index < -0.39 is 4.92 Å². The number of para-hydroxylation sites is 1. The van der Waals surface area contributed by atoms with Crippen molar-refractivity contribution >= 4 is 22.9 Å². The van der Waals surface area contributed by atoms with Crippen molar-refractivity contribution in [2.45, 2.75) is 13.8 Å². The molecule has 1 N–H and O–H groups in total. The van der Waals surface area contributed by atoms with Crippen LogP contribution in [0.15, 0.2) is 36.4 Å². The van der Waals surface area contributed by atoms with Crippen LogP contribution in [0.4, 0.5) is 5.69 Å². The van der Waals surface area contributed by atoms with Gasteiger partial charge >= 0.3 is 0 Å². The van der Waals surface area contributed by atoms with Gasteiger partial charge in [0.1, 0.15) is 0 Å². The molecule has 1 aromatic heterocycles. The van der Waals surface area contributed by atoms with Crippen LogP contribution in [0.5, 0.6) is 0 Å². The minimum Gasteiger partial charge on any atom is -0.353 e. The summed E-state index contributed by atoms with van der Waals surface area (Å²) in [5.41, 5.74) is 4.22. The molecular formula is C17H14N2O3. The maximum absolute atomic E-state index is 11.6. The van der Waals surface area contributed by atoms with Gasteiger partial charge in [0, 0.05) is 22.5 Å². The number of hydrogen-bond acceptors (Lipinski definition) is 3. The summed E-state index contributed by atoms with van der Waals surface area (Å²) in [5.74, 6) is 0. The number of hydrogen-bond donors (Lipinski definition) is 1. The number of aromatic amines is 1. The van der Waals surface area contributed by atoms with Gasteiger partial charge in [-0.1, -0.05) is 23.8 Å². The number of aryl methyl sites for hydroxylation is 2. The fourth-order valence-electron chi connectivity index (χ4n) is 2.85. The molecule has 0 bridgehead atoms. The van der Waals surface area contributed by atoms with Crippen LogP contribution in [0.3, 0.4) is 0 Å². The summed E-state index contributed by atoms with van der Waals surface area (Å²) in [7, 11) is 0. The number of nitrogens with zero attached hydrogens (tertiary/aromatic N) is 1. The zero-order valence-corrected chi connectivity index (χ0v) is 12.2. The molecular weight excluding hydrogens is 280 g/mol. The normalized spacial score (nSPS) is 10.8. The van der Waals surface area contributed by atoms with Crippen LogP contribution >= 0.6 is 0 Å². The van der Waals surface area contributed by atoms with Crippen molar-refractivity contribution in [3.63, 3.8) is 0 Å². The molecule has 0 radical (unpaired) electrons. The topological polar surface area (TPSA) is 76.0 Å². The lowest BCUT2D eigenvalue weighted by Gasteiger charge is -2.01. The zero-order chi connectivity index (χ0) is 15.9. The first-order valence-electron chi connectivity index (χ1n) is 6.85. The first kappa shape index (κ1) is 14.0. The average molecular weight is 294 g/mol. The quantitative estimate of drug-likeness (QED) is 0.447. The van der Waals surface area contributed by atoms with Crippen molar-refractivity contribution < 1.29 is 9.72 Å². The molecule has 0 spiro atoms. The molecule has 0 amide bonds. The third kappa shape index (κ3) is 2.07. The van der Waals surface area contributed by atoms with E-state index in [1.165, 1.54) is 6.07 Å². The van der Waals surface area contributed by atoms with E-state index in [1.54, 1.807) is 18.2 Å². The van der Waals surface area contributed by atoms with E-state index in [9.17, 15) is 14.9 Å². The molecule has 22 heavy (non-hydrogen) atoms. The molecule has 0 aliphatic heterocycles. The van der Waals surface area contributed by atoms with Crippen LogP contribution in [0.2, 0.25) is 0 Å². The molecule has 0 atom stereocenters. The number of carbonyl (C=O) groups excluding carboxylic acids is 1. The molecule has 110 valence electrons. The molecule has 0 saturated heterocycles. The maximum Gasteiger partial charge on any atom is 0.278 e. The largest absolute Gasteiger partial charge is 0.353 e. The molecule has 0 saturated carbocycles. The van der Waals surface area contributed by atoms with Gasteiger partial charge in [0.05, 0.1) is 16.2 Å². The van der Waals surface area contributed by atoms with E-state index in [0.717, 1.165) is 28.3 Å². The third-order valence-corrected chi connectivity index (χ3v) is 3.78. The Balaban J connectivity index is 2.40. The Morgan fingerprint density at radius 2 is 1.91 bits per heavy atom. The van der Waals surface area contributed by atoms with E-state index in [4.69, 9.17) is 0 Å². The van der Waals surface area contributed by atoms with Crippen LogP contribution in [0.1, 0.15) is 21.5 Å². The van der Waals surface area contributed by atoms with Crippen LogP contribution in [0, 0.1) is 24.0 Å². The minimum absolute atomic E-state index is 0.0217. The monoisotopic (exact) mass is 294 g/mol. The predicted molar refractivity (Wildman–Crippen MR) is 85.3 cm³/mol. The second kappa shape index (κ2) is 5.11. The smallest absolute Gasteiger partial charge is 0.278 e. The van der Waals surface area contributed by atoms with Crippen molar-refractivity contribution in [3.05, 3.63) is 63.2 Å². The molecule has 3 rings (SSSR count). The fourth-order valence-corrected chi connectivity index (χ4v) is 2.85. The molecule has 5 nitrogen and oxygen atoms in total. The van der Waals surface area contributed by atoms with E-state index >= 15 is 0 Å². The Morgan fingerprint density at radius 1 is 1.18 bits per heavy atom. The van der Waals surface area contributed by atoms with Crippen LogP contribution in [0.25, 0.3) is 22.2 Å². The number of H-pyrrole nitrogens is 1. The standard InChI is InChI=1S/C17H14N2O3/c1-10-7-11(2)16-13(8-10)14(9-20)17(18-16)12-5-3-4-6-15(12)19(21)22/h3-9,18H,1-2H3. The van der Waals surface area contributed by atoms with Crippen LogP contribution in [-0.2, 0) is 0 Å². The van der Waals surface area contributed by atoms with Crippen LogP contribution < -0.4 is 0 Å². The fraction of sp³-hybridized carbons (Fsp3) is 0.118. The van der Waals surface area contributed by atoms with E-state index in [0.29, 0.717) is 16.8 Å². The molecule has 2 aromatic carbocycles. The SMILES string of the molecule is Cc1cc(C)c2[nH]c(-c3ccccc3[N+](=O)[O-])c(C=O)c2c1. The van der Waals surface area contributed by atoms with Gasteiger partial charge in [-0.2, -0.15) is 0 Å². The summed E-state index contributed by atoms with van der Waals surface area (Å²) in [6.07, 6.45) is 0.754. The lowest BCUT2D eigenvalue weighted by atomic mass is 10.0. The highest BCUT2D eigenvalue weighted by molar-refractivity contribution is 6.06. The number of fused-ring (bicyclic) bond motifs is 1. The molecule has 0 aliphatic carbocycles. The number of nitro groups is 1. The van der Waals surface area contributed by atoms with Crippen molar-refractivity contribution in [1.29, 1.82) is 0 Å². The summed E-state index contributed by atoms with van der Waals surface area (Å²) in [5, 5.41) is 12.0. The Bertz CT molecular complexity index is 910. The first-order chi connectivity index (χ1) is 10.5. The average Bonchev–Trinajstić information content (AvgIpc) is 2.85. The molecule has 0 aliphatic rings. The van der Waals surface area contributed by atoms with Crippen molar-refractivity contribution in [2.24, 2.45) is 0 Å². The number of carbonyl (C=O) groups is 1.